The highest BCUT2D eigenvalue weighted by atomic mass is 31.2. The topological polar surface area (TPSA) is 108 Å². The number of phosphoric ester groups is 1. The molecule has 3 atom stereocenters. The number of benzene rings is 1. The van der Waals surface area contributed by atoms with Gasteiger partial charge in [0.15, 0.2) is 0 Å². The summed E-state index contributed by atoms with van der Waals surface area (Å²) in [5, 5.41) is 0. The zero-order valence-electron chi connectivity index (χ0n) is 23.5. The average Bonchev–Trinajstić information content (AvgIpc) is 2.85. The van der Waals surface area contributed by atoms with Gasteiger partial charge >= 0.3 is 7.82 Å². The van der Waals surface area contributed by atoms with Gasteiger partial charge in [-0.1, -0.05) is 89.7 Å². The first-order valence-electron chi connectivity index (χ1n) is 14.3. The van der Waals surface area contributed by atoms with Crippen molar-refractivity contribution in [2.75, 3.05) is 19.8 Å². The third kappa shape index (κ3) is 18.6. The summed E-state index contributed by atoms with van der Waals surface area (Å²) in [4.78, 5) is 21.6. The van der Waals surface area contributed by atoms with Crippen molar-refractivity contribution in [3.8, 4) is 5.75 Å². The number of Topliss-reactive ketones (excluding diaryl/α,β-unsaturated/α-hetero) is 1. The van der Waals surface area contributed by atoms with Gasteiger partial charge in [-0.3, -0.25) is 9.05 Å². The molecule has 0 aliphatic heterocycles. The van der Waals surface area contributed by atoms with Crippen molar-refractivity contribution in [1.29, 1.82) is 0 Å². The Morgan fingerprint density at radius 1 is 0.946 bits per heavy atom. The van der Waals surface area contributed by atoms with Crippen LogP contribution < -0.4 is 10.5 Å². The maximum Gasteiger partial charge on any atom is 0.472 e. The lowest BCUT2D eigenvalue weighted by Crippen LogP contribution is -2.21. The molecule has 8 heteroatoms. The van der Waals surface area contributed by atoms with Crippen LogP contribution in [-0.4, -0.2) is 36.5 Å². The molecular weight excluding hydrogens is 489 g/mol. The van der Waals surface area contributed by atoms with Gasteiger partial charge in [-0.2, -0.15) is 0 Å². The number of hydrogen-bond donors (Lipinski definition) is 2. The smallest absolute Gasteiger partial charge is 0.472 e. The van der Waals surface area contributed by atoms with Gasteiger partial charge in [-0.25, -0.2) is 4.57 Å². The van der Waals surface area contributed by atoms with Crippen molar-refractivity contribution in [3.05, 3.63) is 29.8 Å². The van der Waals surface area contributed by atoms with Gasteiger partial charge in [-0.15, -0.1) is 0 Å². The molecule has 1 rings (SSSR count). The third-order valence-electron chi connectivity index (χ3n) is 6.41. The lowest BCUT2D eigenvalue weighted by molar-refractivity contribution is -0.118. The maximum atomic E-state index is 12.1. The van der Waals surface area contributed by atoms with E-state index in [2.05, 4.69) is 6.92 Å². The first-order valence-corrected chi connectivity index (χ1v) is 15.8. The van der Waals surface area contributed by atoms with Crippen molar-refractivity contribution in [3.63, 3.8) is 0 Å². The van der Waals surface area contributed by atoms with E-state index in [4.69, 9.17) is 19.5 Å². The second-order valence-electron chi connectivity index (χ2n) is 10.3. The van der Waals surface area contributed by atoms with E-state index >= 15 is 0 Å². The fourth-order valence-corrected chi connectivity index (χ4v) is 5.29. The van der Waals surface area contributed by atoms with Crippen molar-refractivity contribution in [1.82, 2.24) is 0 Å². The number of ketones is 1. The minimum Gasteiger partial charge on any atom is -0.494 e. The summed E-state index contributed by atoms with van der Waals surface area (Å²) in [6, 6.07) is 7.81. The Balaban J connectivity index is 2.26. The SMILES string of the molecule is CCCCCCCCCCCCCCOc1ccc(CC(COP(=O)(O)OC(C)CN)CC(C)=O)cc1. The summed E-state index contributed by atoms with van der Waals surface area (Å²) >= 11 is 0. The lowest BCUT2D eigenvalue weighted by atomic mass is 9.95. The molecule has 0 aliphatic carbocycles. The molecule has 0 heterocycles. The predicted molar refractivity (Wildman–Crippen MR) is 151 cm³/mol. The summed E-state index contributed by atoms with van der Waals surface area (Å²) in [6.07, 6.45) is 16.0. The van der Waals surface area contributed by atoms with Crippen LogP contribution in [0.25, 0.3) is 0 Å². The Labute approximate surface area is 225 Å². The van der Waals surface area contributed by atoms with Crippen LogP contribution in [0.1, 0.15) is 110 Å². The maximum absolute atomic E-state index is 12.1. The van der Waals surface area contributed by atoms with Crippen LogP contribution >= 0.6 is 7.82 Å². The fraction of sp³-hybridized carbons (Fsp3) is 0.759. The number of nitrogens with two attached hydrogens (primary N) is 1. The van der Waals surface area contributed by atoms with Crippen molar-refractivity contribution in [2.45, 2.75) is 117 Å². The van der Waals surface area contributed by atoms with Crippen LogP contribution in [0, 0.1) is 5.92 Å². The summed E-state index contributed by atoms with van der Waals surface area (Å²) in [7, 11) is -4.22. The highest BCUT2D eigenvalue weighted by molar-refractivity contribution is 7.47. The number of phosphoric acid groups is 1. The van der Waals surface area contributed by atoms with E-state index in [1.54, 1.807) is 6.92 Å². The molecule has 37 heavy (non-hydrogen) atoms. The summed E-state index contributed by atoms with van der Waals surface area (Å²) < 4.78 is 28.1. The molecule has 0 saturated carbocycles. The van der Waals surface area contributed by atoms with E-state index in [1.165, 1.54) is 77.6 Å². The molecular formula is C29H52NO6P. The molecule has 3 N–H and O–H groups in total. The molecule has 0 radical (unpaired) electrons. The Kier molecular flexibility index (Phi) is 18.9. The summed E-state index contributed by atoms with van der Waals surface area (Å²) in [5.74, 6) is 0.595. The lowest BCUT2D eigenvalue weighted by Gasteiger charge is -2.20. The number of ether oxygens (including phenoxy) is 1. The van der Waals surface area contributed by atoms with Gasteiger partial charge in [0, 0.05) is 13.0 Å². The molecule has 0 amide bonds. The summed E-state index contributed by atoms with van der Waals surface area (Å²) in [6.45, 7) is 6.13. The molecule has 0 aromatic heterocycles. The van der Waals surface area contributed by atoms with Crippen LogP contribution in [0.15, 0.2) is 24.3 Å². The predicted octanol–water partition coefficient (Wildman–Crippen LogP) is 7.39. The van der Waals surface area contributed by atoms with Crippen LogP contribution in [0.5, 0.6) is 5.75 Å². The van der Waals surface area contributed by atoms with E-state index in [9.17, 15) is 14.3 Å². The average molecular weight is 542 g/mol. The summed E-state index contributed by atoms with van der Waals surface area (Å²) in [5.41, 5.74) is 6.45. The Hall–Kier alpha value is -1.24. The normalized spacial score (nSPS) is 14.7. The van der Waals surface area contributed by atoms with Crippen molar-refractivity contribution < 1.29 is 28.0 Å². The largest absolute Gasteiger partial charge is 0.494 e. The molecule has 0 bridgehead atoms. The number of carbonyl (C=O) groups excluding carboxylic acids is 1. The zero-order chi connectivity index (χ0) is 27.4. The van der Waals surface area contributed by atoms with E-state index in [0.717, 1.165) is 17.7 Å². The van der Waals surface area contributed by atoms with Gasteiger partial charge in [-0.05, 0) is 50.3 Å². The van der Waals surface area contributed by atoms with E-state index in [-0.39, 0.29) is 31.3 Å². The van der Waals surface area contributed by atoms with Crippen LogP contribution in [0.4, 0.5) is 0 Å². The second kappa shape index (κ2) is 20.7. The Morgan fingerprint density at radius 2 is 1.49 bits per heavy atom. The molecule has 1 aromatic carbocycles. The van der Waals surface area contributed by atoms with Crippen LogP contribution in [0.2, 0.25) is 0 Å². The van der Waals surface area contributed by atoms with Crippen molar-refractivity contribution >= 4 is 13.6 Å². The number of carbonyl (C=O) groups is 1. The standard InChI is InChI=1S/C29H52NO6P/c1-4-5-6-7-8-9-10-11-12-13-14-15-20-34-29-18-16-27(17-19-29)22-28(21-25(2)31)24-35-37(32,33)36-26(3)23-30/h16-19,26,28H,4-15,20-24,30H2,1-3H3,(H,32,33). The second-order valence-corrected chi connectivity index (χ2v) is 11.7. The van der Waals surface area contributed by atoms with Gasteiger partial charge in [0.05, 0.1) is 19.3 Å². The monoisotopic (exact) mass is 541 g/mol. The zero-order valence-corrected chi connectivity index (χ0v) is 24.4. The minimum absolute atomic E-state index is 0.0000193. The van der Waals surface area contributed by atoms with Crippen LogP contribution in [0.3, 0.4) is 0 Å². The first-order chi connectivity index (χ1) is 17.8. The molecule has 0 spiro atoms. The fourth-order valence-electron chi connectivity index (χ4n) is 4.29. The molecule has 0 aliphatic rings. The molecule has 7 nitrogen and oxygen atoms in total. The van der Waals surface area contributed by atoms with Gasteiger partial charge in [0.2, 0.25) is 0 Å². The van der Waals surface area contributed by atoms with Crippen LogP contribution in [-0.2, 0) is 24.8 Å². The molecule has 214 valence electrons. The van der Waals surface area contributed by atoms with E-state index in [1.807, 2.05) is 24.3 Å². The Morgan fingerprint density at radius 3 is 2.00 bits per heavy atom. The molecule has 0 fully saturated rings. The first kappa shape index (κ1) is 33.8. The number of rotatable bonds is 24. The van der Waals surface area contributed by atoms with Gasteiger partial charge in [0.1, 0.15) is 11.5 Å². The number of unbranched alkanes of at least 4 members (excludes halogenated alkanes) is 11. The minimum atomic E-state index is -4.22. The molecule has 0 saturated heterocycles. The molecule has 1 aromatic rings. The number of hydrogen-bond acceptors (Lipinski definition) is 6. The quantitative estimate of drug-likeness (QED) is 0.104. The Bertz CT molecular complexity index is 757. The highest BCUT2D eigenvalue weighted by Gasteiger charge is 2.26. The third-order valence-corrected chi connectivity index (χ3v) is 7.51. The van der Waals surface area contributed by atoms with Gasteiger partial charge in [0.25, 0.3) is 0 Å². The van der Waals surface area contributed by atoms with Gasteiger partial charge < -0.3 is 20.2 Å². The van der Waals surface area contributed by atoms with E-state index < -0.39 is 13.9 Å². The highest BCUT2D eigenvalue weighted by Crippen LogP contribution is 2.45. The van der Waals surface area contributed by atoms with E-state index in [0.29, 0.717) is 13.0 Å². The molecule has 3 unspecified atom stereocenters. The van der Waals surface area contributed by atoms with Crippen molar-refractivity contribution in [2.24, 2.45) is 11.7 Å².